The third kappa shape index (κ3) is 1.62. The molecule has 2 heterocycles. The van der Waals surface area contributed by atoms with Crippen molar-refractivity contribution in [3.63, 3.8) is 0 Å². The van der Waals surface area contributed by atoms with Gasteiger partial charge in [0.15, 0.2) is 5.82 Å². The van der Waals surface area contributed by atoms with Crippen molar-refractivity contribution < 1.29 is 0 Å². The zero-order valence-electron chi connectivity index (χ0n) is 7.99. The van der Waals surface area contributed by atoms with Crippen molar-refractivity contribution in [3.8, 4) is 0 Å². The highest BCUT2D eigenvalue weighted by Crippen LogP contribution is 2.16. The van der Waals surface area contributed by atoms with Crippen LogP contribution in [-0.4, -0.2) is 36.4 Å². The van der Waals surface area contributed by atoms with Gasteiger partial charge in [-0.25, -0.2) is 0 Å². The zero-order valence-corrected chi connectivity index (χ0v) is 7.99. The van der Waals surface area contributed by atoms with E-state index in [1.807, 2.05) is 26.1 Å². The number of hydrogen-bond acceptors (Lipinski definition) is 4. The van der Waals surface area contributed by atoms with Crippen LogP contribution in [0.25, 0.3) is 0 Å². The minimum absolute atomic E-state index is 0.614. The van der Waals surface area contributed by atoms with E-state index >= 15 is 0 Å². The molecule has 0 aromatic carbocycles. The first-order valence-electron chi connectivity index (χ1n) is 4.52. The molecule has 4 heteroatoms. The second-order valence-electron chi connectivity index (χ2n) is 3.42. The molecule has 4 nitrogen and oxygen atoms in total. The van der Waals surface area contributed by atoms with Crippen LogP contribution in [0.3, 0.4) is 0 Å². The van der Waals surface area contributed by atoms with E-state index in [1.54, 1.807) is 0 Å². The standard InChI is InChI=1S/C9H14N4/c1-7-3-4-9(12-11-7)13-5-8(6-13)10-2/h3-4,8,10H,5-6H2,1-2H3. The van der Waals surface area contributed by atoms with Gasteiger partial charge < -0.3 is 10.2 Å². The van der Waals surface area contributed by atoms with Crippen LogP contribution in [0.2, 0.25) is 0 Å². The second-order valence-corrected chi connectivity index (χ2v) is 3.42. The predicted octanol–water partition coefficient (Wildman–Crippen LogP) is 0.193. The minimum atomic E-state index is 0.614. The number of aromatic nitrogens is 2. The summed E-state index contributed by atoms with van der Waals surface area (Å²) in [5.74, 6) is 0.983. The zero-order chi connectivity index (χ0) is 9.26. The molecule has 2 rings (SSSR count). The third-order valence-electron chi connectivity index (χ3n) is 2.40. The van der Waals surface area contributed by atoms with E-state index in [2.05, 4.69) is 20.4 Å². The average Bonchev–Trinajstić information content (AvgIpc) is 2.06. The normalized spacial score (nSPS) is 17.2. The van der Waals surface area contributed by atoms with Crippen LogP contribution in [0.1, 0.15) is 5.69 Å². The van der Waals surface area contributed by atoms with E-state index in [1.165, 1.54) is 0 Å². The number of nitrogens with zero attached hydrogens (tertiary/aromatic N) is 3. The number of rotatable bonds is 2. The Morgan fingerprint density at radius 3 is 2.69 bits per heavy atom. The summed E-state index contributed by atoms with van der Waals surface area (Å²) in [6.45, 7) is 4.02. The van der Waals surface area contributed by atoms with E-state index in [0.717, 1.165) is 24.6 Å². The van der Waals surface area contributed by atoms with Gasteiger partial charge >= 0.3 is 0 Å². The van der Waals surface area contributed by atoms with E-state index < -0.39 is 0 Å². The van der Waals surface area contributed by atoms with Crippen LogP contribution in [0.4, 0.5) is 5.82 Å². The number of nitrogens with one attached hydrogen (secondary N) is 1. The van der Waals surface area contributed by atoms with Crippen LogP contribution in [0.5, 0.6) is 0 Å². The molecule has 1 aliphatic heterocycles. The van der Waals surface area contributed by atoms with Gasteiger partial charge in [-0.15, -0.1) is 5.10 Å². The Kier molecular flexibility index (Phi) is 2.14. The number of anilines is 1. The molecule has 1 N–H and O–H groups in total. The summed E-state index contributed by atoms with van der Waals surface area (Å²) in [7, 11) is 1.99. The predicted molar refractivity (Wildman–Crippen MR) is 51.8 cm³/mol. The SMILES string of the molecule is CNC1CN(c2ccc(C)nn2)C1. The first-order chi connectivity index (χ1) is 6.29. The summed E-state index contributed by atoms with van der Waals surface area (Å²) in [5, 5.41) is 11.4. The molecule has 1 fully saturated rings. The quantitative estimate of drug-likeness (QED) is 0.702. The molecule has 1 aromatic heterocycles. The first kappa shape index (κ1) is 8.44. The van der Waals surface area contributed by atoms with Gasteiger partial charge in [-0.3, -0.25) is 0 Å². The molecule has 1 aromatic rings. The van der Waals surface area contributed by atoms with Gasteiger partial charge in [-0.2, -0.15) is 5.10 Å². The summed E-state index contributed by atoms with van der Waals surface area (Å²) < 4.78 is 0. The van der Waals surface area contributed by atoms with Gasteiger partial charge in [0.25, 0.3) is 0 Å². The van der Waals surface area contributed by atoms with Crippen LogP contribution < -0.4 is 10.2 Å². The van der Waals surface area contributed by atoms with Crippen LogP contribution in [-0.2, 0) is 0 Å². The highest BCUT2D eigenvalue weighted by Gasteiger charge is 2.25. The van der Waals surface area contributed by atoms with Crippen molar-refractivity contribution in [3.05, 3.63) is 17.8 Å². The molecule has 0 bridgehead atoms. The van der Waals surface area contributed by atoms with Crippen LogP contribution >= 0.6 is 0 Å². The molecular formula is C9H14N4. The smallest absolute Gasteiger partial charge is 0.151 e. The molecule has 1 aliphatic rings. The molecule has 0 aliphatic carbocycles. The minimum Gasteiger partial charge on any atom is -0.352 e. The van der Waals surface area contributed by atoms with E-state index in [0.29, 0.717) is 6.04 Å². The van der Waals surface area contributed by atoms with E-state index in [-0.39, 0.29) is 0 Å². The fourth-order valence-electron chi connectivity index (χ4n) is 1.41. The summed E-state index contributed by atoms with van der Waals surface area (Å²) in [6, 6.07) is 4.63. The van der Waals surface area contributed by atoms with E-state index in [4.69, 9.17) is 0 Å². The maximum Gasteiger partial charge on any atom is 0.151 e. The Hall–Kier alpha value is -1.16. The van der Waals surface area contributed by atoms with Crippen LogP contribution in [0, 0.1) is 6.92 Å². The van der Waals surface area contributed by atoms with Gasteiger partial charge in [0.1, 0.15) is 0 Å². The Morgan fingerprint density at radius 1 is 1.38 bits per heavy atom. The number of hydrogen-bond donors (Lipinski definition) is 1. The molecule has 0 atom stereocenters. The average molecular weight is 178 g/mol. The maximum atomic E-state index is 4.12. The highest BCUT2D eigenvalue weighted by molar-refractivity contribution is 5.41. The largest absolute Gasteiger partial charge is 0.352 e. The Labute approximate surface area is 78.0 Å². The summed E-state index contributed by atoms with van der Waals surface area (Å²) in [4.78, 5) is 2.22. The summed E-state index contributed by atoms with van der Waals surface area (Å²) >= 11 is 0. The summed E-state index contributed by atoms with van der Waals surface area (Å²) in [5.41, 5.74) is 0.967. The van der Waals surface area contributed by atoms with Crippen molar-refractivity contribution >= 4 is 5.82 Å². The van der Waals surface area contributed by atoms with Gasteiger partial charge in [0.05, 0.1) is 5.69 Å². The molecule has 0 unspecified atom stereocenters. The molecule has 0 amide bonds. The lowest BCUT2D eigenvalue weighted by atomic mass is 10.1. The van der Waals surface area contributed by atoms with Gasteiger partial charge in [0, 0.05) is 19.1 Å². The van der Waals surface area contributed by atoms with Crippen molar-refractivity contribution in [2.45, 2.75) is 13.0 Å². The first-order valence-corrected chi connectivity index (χ1v) is 4.52. The van der Waals surface area contributed by atoms with E-state index in [9.17, 15) is 0 Å². The summed E-state index contributed by atoms with van der Waals surface area (Å²) in [6.07, 6.45) is 0. The monoisotopic (exact) mass is 178 g/mol. The molecule has 70 valence electrons. The van der Waals surface area contributed by atoms with Crippen molar-refractivity contribution in [2.75, 3.05) is 25.0 Å². The maximum absolute atomic E-state index is 4.12. The van der Waals surface area contributed by atoms with Gasteiger partial charge in [-0.1, -0.05) is 0 Å². The van der Waals surface area contributed by atoms with Crippen molar-refractivity contribution in [1.82, 2.24) is 15.5 Å². The van der Waals surface area contributed by atoms with Gasteiger partial charge in [0.2, 0.25) is 0 Å². The highest BCUT2D eigenvalue weighted by atomic mass is 15.3. The lowest BCUT2D eigenvalue weighted by Gasteiger charge is -2.39. The van der Waals surface area contributed by atoms with Crippen LogP contribution in [0.15, 0.2) is 12.1 Å². The Balaban J connectivity index is 1.99. The molecular weight excluding hydrogens is 164 g/mol. The number of aryl methyl sites for hydroxylation is 1. The third-order valence-corrected chi connectivity index (χ3v) is 2.40. The molecule has 0 spiro atoms. The lowest BCUT2D eigenvalue weighted by molar-refractivity contribution is 0.445. The fraction of sp³-hybridized carbons (Fsp3) is 0.556. The van der Waals surface area contributed by atoms with Crippen molar-refractivity contribution in [2.24, 2.45) is 0 Å². The van der Waals surface area contributed by atoms with Gasteiger partial charge in [-0.05, 0) is 26.1 Å². The van der Waals surface area contributed by atoms with Crippen molar-refractivity contribution in [1.29, 1.82) is 0 Å². The fourth-order valence-corrected chi connectivity index (χ4v) is 1.41. The molecule has 0 saturated carbocycles. The Morgan fingerprint density at radius 2 is 2.15 bits per heavy atom. The molecule has 1 saturated heterocycles. The lowest BCUT2D eigenvalue weighted by Crippen LogP contribution is -2.57. The second kappa shape index (κ2) is 3.30. The molecule has 0 radical (unpaired) electrons. The Bertz CT molecular complexity index is 276. The number of likely N-dealkylation sites (N-methyl/N-ethyl adjacent to an activating group) is 1. The topological polar surface area (TPSA) is 41.0 Å². The molecule has 13 heavy (non-hydrogen) atoms.